The molecule has 7 heteroatoms. The van der Waals surface area contributed by atoms with E-state index < -0.39 is 17.3 Å². The highest BCUT2D eigenvalue weighted by Gasteiger charge is 2.44. The minimum Gasteiger partial charge on any atom is -0.497 e. The van der Waals surface area contributed by atoms with Gasteiger partial charge in [-0.3, -0.25) is 4.90 Å². The molecule has 4 rings (SSSR count). The summed E-state index contributed by atoms with van der Waals surface area (Å²) in [5, 5.41) is 33.4. The Labute approximate surface area is 208 Å². The van der Waals surface area contributed by atoms with Crippen LogP contribution in [0.15, 0.2) is 36.4 Å². The Morgan fingerprint density at radius 1 is 0.943 bits per heavy atom. The molecule has 2 saturated heterocycles. The maximum absolute atomic E-state index is 11.4. The second-order valence-corrected chi connectivity index (χ2v) is 10.5. The van der Waals surface area contributed by atoms with Crippen LogP contribution in [0.5, 0.6) is 11.5 Å². The minimum atomic E-state index is -1.39. The number of nitrogens with zero attached hydrogens (tertiary/aromatic N) is 2. The lowest BCUT2D eigenvalue weighted by Crippen LogP contribution is -2.62. The molecule has 2 aliphatic rings. The zero-order valence-electron chi connectivity index (χ0n) is 21.5. The molecular formula is C28H40N2O5. The smallest absolute Gasteiger partial charge is 0.137 e. The number of β-amino-alcohol motifs (C(OH)–C–C–N with tert-alkyl or cyclic N) is 2. The normalized spacial score (nSPS) is 24.9. The monoisotopic (exact) mass is 484 g/mol. The van der Waals surface area contributed by atoms with Crippen LogP contribution in [0.2, 0.25) is 0 Å². The van der Waals surface area contributed by atoms with Crippen LogP contribution in [0, 0.1) is 20.8 Å². The lowest BCUT2D eigenvalue weighted by Gasteiger charge is -2.46. The van der Waals surface area contributed by atoms with E-state index in [2.05, 4.69) is 15.9 Å². The first-order chi connectivity index (χ1) is 16.6. The average Bonchev–Trinajstić information content (AvgIpc) is 2.84. The number of likely N-dealkylation sites (tertiary alicyclic amines) is 1. The molecule has 2 fully saturated rings. The molecule has 0 bridgehead atoms. The highest BCUT2D eigenvalue weighted by atomic mass is 16.5. The van der Waals surface area contributed by atoms with E-state index in [1.807, 2.05) is 51.1 Å². The van der Waals surface area contributed by atoms with Gasteiger partial charge in [-0.05, 0) is 81.0 Å². The lowest BCUT2D eigenvalue weighted by molar-refractivity contribution is -0.149. The summed E-state index contributed by atoms with van der Waals surface area (Å²) in [7, 11) is 1.66. The zero-order valence-corrected chi connectivity index (χ0v) is 21.5. The number of ether oxygens (including phenoxy) is 2. The van der Waals surface area contributed by atoms with Gasteiger partial charge in [0.2, 0.25) is 0 Å². The van der Waals surface area contributed by atoms with Crippen LogP contribution in [-0.2, 0) is 0 Å². The van der Waals surface area contributed by atoms with Gasteiger partial charge >= 0.3 is 0 Å². The Morgan fingerprint density at radius 3 is 2.26 bits per heavy atom. The Balaban J connectivity index is 1.35. The molecule has 7 nitrogen and oxygen atoms in total. The Morgan fingerprint density at radius 2 is 1.60 bits per heavy atom. The summed E-state index contributed by atoms with van der Waals surface area (Å²) >= 11 is 0. The third-order valence-corrected chi connectivity index (χ3v) is 7.83. The standard InChI is InChI=1S/C28H40N2O5/c1-20-5-6-21(2)26(22(20)3)35-19-28(33)18-29(14-11-25(28)31)17-27(32)12-15-30(16-13-27)23-7-9-24(34-4)10-8-23/h5-10,25,31-33H,11-19H2,1-4H3/t25-,28-/m0/s1. The van der Waals surface area contributed by atoms with Crippen molar-refractivity contribution in [1.82, 2.24) is 4.90 Å². The average molecular weight is 485 g/mol. The summed E-state index contributed by atoms with van der Waals surface area (Å²) in [6.45, 7) is 8.95. The highest BCUT2D eigenvalue weighted by Crippen LogP contribution is 2.32. The minimum absolute atomic E-state index is 0.0134. The number of aliphatic hydroxyl groups is 3. The van der Waals surface area contributed by atoms with Gasteiger partial charge in [-0.15, -0.1) is 0 Å². The molecule has 0 saturated carbocycles. The lowest BCUT2D eigenvalue weighted by atomic mass is 9.86. The van der Waals surface area contributed by atoms with Gasteiger partial charge in [-0.25, -0.2) is 0 Å². The van der Waals surface area contributed by atoms with Crippen molar-refractivity contribution in [2.75, 3.05) is 51.3 Å². The number of hydrogen-bond donors (Lipinski definition) is 3. The van der Waals surface area contributed by atoms with E-state index in [1.165, 1.54) is 0 Å². The third kappa shape index (κ3) is 5.75. The van der Waals surface area contributed by atoms with Crippen LogP contribution in [-0.4, -0.2) is 84.0 Å². The molecule has 2 aromatic rings. The third-order valence-electron chi connectivity index (χ3n) is 7.83. The number of rotatable bonds is 7. The fourth-order valence-corrected chi connectivity index (χ4v) is 5.32. The van der Waals surface area contributed by atoms with Crippen molar-refractivity contribution in [3.8, 4) is 11.5 Å². The van der Waals surface area contributed by atoms with E-state index in [0.717, 1.165) is 47.0 Å². The molecule has 0 unspecified atom stereocenters. The van der Waals surface area contributed by atoms with Crippen LogP contribution in [0.25, 0.3) is 0 Å². The molecule has 192 valence electrons. The zero-order chi connectivity index (χ0) is 25.2. The van der Waals surface area contributed by atoms with Crippen molar-refractivity contribution in [3.63, 3.8) is 0 Å². The van der Waals surface area contributed by atoms with Gasteiger partial charge in [-0.1, -0.05) is 12.1 Å². The number of piperidine rings is 2. The number of aryl methyl sites for hydroxylation is 2. The summed E-state index contributed by atoms with van der Waals surface area (Å²) in [4.78, 5) is 4.36. The predicted octanol–water partition coefficient (Wildman–Crippen LogP) is 2.83. The molecule has 3 N–H and O–H groups in total. The number of anilines is 1. The van der Waals surface area contributed by atoms with Crippen molar-refractivity contribution >= 4 is 5.69 Å². The maximum atomic E-state index is 11.4. The molecule has 2 heterocycles. The van der Waals surface area contributed by atoms with Crippen molar-refractivity contribution in [2.24, 2.45) is 0 Å². The Kier molecular flexibility index (Phi) is 7.62. The molecule has 2 aromatic carbocycles. The summed E-state index contributed by atoms with van der Waals surface area (Å²) in [5.41, 5.74) is 2.11. The number of aliphatic hydroxyl groups excluding tert-OH is 1. The van der Waals surface area contributed by atoms with Gasteiger partial charge in [0.15, 0.2) is 0 Å². The molecule has 0 spiro atoms. The topological polar surface area (TPSA) is 85.6 Å². The predicted molar refractivity (Wildman–Crippen MR) is 138 cm³/mol. The van der Waals surface area contributed by atoms with E-state index in [1.54, 1.807) is 7.11 Å². The van der Waals surface area contributed by atoms with Gasteiger partial charge in [0.1, 0.15) is 23.7 Å². The fraction of sp³-hybridized carbons (Fsp3) is 0.571. The molecule has 0 amide bonds. The maximum Gasteiger partial charge on any atom is 0.137 e. The van der Waals surface area contributed by atoms with Gasteiger partial charge in [0.25, 0.3) is 0 Å². The molecule has 2 aliphatic heterocycles. The molecular weight excluding hydrogens is 444 g/mol. The number of methoxy groups -OCH3 is 1. The van der Waals surface area contributed by atoms with Crippen molar-refractivity contribution in [2.45, 2.75) is 57.3 Å². The van der Waals surface area contributed by atoms with Crippen molar-refractivity contribution in [3.05, 3.63) is 53.1 Å². The Bertz CT molecular complexity index is 1000. The van der Waals surface area contributed by atoms with E-state index >= 15 is 0 Å². The SMILES string of the molecule is COc1ccc(N2CCC(O)(CN3CC[C@H](O)[C@@](O)(COc4c(C)ccc(C)c4C)C3)CC2)cc1. The number of benzene rings is 2. The second-order valence-electron chi connectivity index (χ2n) is 10.5. The Hall–Kier alpha value is -2.32. The summed E-state index contributed by atoms with van der Waals surface area (Å²) < 4.78 is 11.3. The first-order valence-electron chi connectivity index (χ1n) is 12.6. The van der Waals surface area contributed by atoms with Gasteiger partial charge < -0.3 is 29.7 Å². The van der Waals surface area contributed by atoms with Crippen molar-refractivity contribution in [1.29, 1.82) is 0 Å². The highest BCUT2D eigenvalue weighted by molar-refractivity contribution is 5.49. The fourth-order valence-electron chi connectivity index (χ4n) is 5.32. The summed E-state index contributed by atoms with van der Waals surface area (Å²) in [6.07, 6.45) is 0.874. The van der Waals surface area contributed by atoms with Gasteiger partial charge in [-0.2, -0.15) is 0 Å². The molecule has 0 aliphatic carbocycles. The van der Waals surface area contributed by atoms with Crippen LogP contribution in [0.1, 0.15) is 36.0 Å². The first kappa shape index (κ1) is 25.8. The van der Waals surface area contributed by atoms with Gasteiger partial charge in [0, 0.05) is 38.4 Å². The molecule has 0 aromatic heterocycles. The van der Waals surface area contributed by atoms with Crippen LogP contribution >= 0.6 is 0 Å². The first-order valence-corrected chi connectivity index (χ1v) is 12.6. The summed E-state index contributed by atoms with van der Waals surface area (Å²) in [6, 6.07) is 12.1. The van der Waals surface area contributed by atoms with E-state index in [-0.39, 0.29) is 13.2 Å². The van der Waals surface area contributed by atoms with Crippen LogP contribution < -0.4 is 14.4 Å². The van der Waals surface area contributed by atoms with E-state index in [9.17, 15) is 15.3 Å². The molecule has 35 heavy (non-hydrogen) atoms. The van der Waals surface area contributed by atoms with E-state index in [0.29, 0.717) is 32.4 Å². The van der Waals surface area contributed by atoms with Crippen molar-refractivity contribution < 1.29 is 24.8 Å². The van der Waals surface area contributed by atoms with Gasteiger partial charge in [0.05, 0.1) is 18.8 Å². The molecule has 0 radical (unpaired) electrons. The second kappa shape index (κ2) is 10.3. The molecule has 2 atom stereocenters. The summed E-state index contributed by atoms with van der Waals surface area (Å²) in [5.74, 6) is 1.60. The van der Waals surface area contributed by atoms with Crippen LogP contribution in [0.4, 0.5) is 5.69 Å². The number of hydrogen-bond acceptors (Lipinski definition) is 7. The van der Waals surface area contributed by atoms with Crippen LogP contribution in [0.3, 0.4) is 0 Å². The largest absolute Gasteiger partial charge is 0.497 e. The van der Waals surface area contributed by atoms with E-state index in [4.69, 9.17) is 9.47 Å². The quantitative estimate of drug-likeness (QED) is 0.557.